The van der Waals surface area contributed by atoms with Crippen LogP contribution in [0.1, 0.15) is 34.6 Å². The topological polar surface area (TPSA) is 67.4 Å². The zero-order valence-corrected chi connectivity index (χ0v) is 13.3. The molecule has 0 saturated carbocycles. The Morgan fingerprint density at radius 1 is 1.17 bits per heavy atom. The minimum Gasteiger partial charge on any atom is -0.444 e. The van der Waals surface area contributed by atoms with Crippen molar-refractivity contribution >= 4 is 27.9 Å². The van der Waals surface area contributed by atoms with Crippen molar-refractivity contribution in [1.82, 2.24) is 10.6 Å². The first-order chi connectivity index (χ1) is 8.13. The molecule has 2 amide bonds. The van der Waals surface area contributed by atoms with E-state index in [-0.39, 0.29) is 16.7 Å². The second kappa shape index (κ2) is 7.61. The molecule has 0 fully saturated rings. The van der Waals surface area contributed by atoms with Gasteiger partial charge in [-0.1, -0.05) is 29.8 Å². The molecule has 5 nitrogen and oxygen atoms in total. The third kappa shape index (κ3) is 8.33. The summed E-state index contributed by atoms with van der Waals surface area (Å²) in [4.78, 5) is 22.6. The Hall–Kier alpha value is -0.780. The van der Waals surface area contributed by atoms with Crippen LogP contribution in [-0.4, -0.2) is 35.5 Å². The largest absolute Gasteiger partial charge is 0.444 e. The van der Waals surface area contributed by atoms with Crippen LogP contribution < -0.4 is 10.6 Å². The Labute approximate surface area is 117 Å². The first kappa shape index (κ1) is 17.2. The Balaban J connectivity index is 3.75. The summed E-state index contributed by atoms with van der Waals surface area (Å²) in [6, 6.07) is 0. The fourth-order valence-electron chi connectivity index (χ4n) is 1.06. The summed E-state index contributed by atoms with van der Waals surface area (Å²) in [5, 5.41) is 5.30. The third-order valence-corrected chi connectivity index (χ3v) is 3.40. The van der Waals surface area contributed by atoms with E-state index in [1.807, 2.05) is 13.8 Å². The van der Waals surface area contributed by atoms with Gasteiger partial charge in [-0.05, 0) is 26.7 Å². The fourth-order valence-corrected chi connectivity index (χ4v) is 1.23. The van der Waals surface area contributed by atoms with Gasteiger partial charge in [-0.25, -0.2) is 4.79 Å². The van der Waals surface area contributed by atoms with Gasteiger partial charge < -0.3 is 15.4 Å². The van der Waals surface area contributed by atoms with Crippen molar-refractivity contribution in [1.29, 1.82) is 0 Å². The van der Waals surface area contributed by atoms with Crippen molar-refractivity contribution < 1.29 is 14.3 Å². The van der Waals surface area contributed by atoms with E-state index in [1.165, 1.54) is 0 Å². The number of carbonyl (C=O) groups excluding carboxylic acids is 2. The first-order valence-corrected chi connectivity index (χ1v) is 6.93. The van der Waals surface area contributed by atoms with E-state index in [2.05, 4.69) is 26.6 Å². The monoisotopic (exact) mass is 322 g/mol. The third-order valence-electron chi connectivity index (χ3n) is 1.93. The van der Waals surface area contributed by atoms with Crippen molar-refractivity contribution in [2.75, 3.05) is 13.1 Å². The molecule has 0 aliphatic heterocycles. The van der Waals surface area contributed by atoms with Crippen molar-refractivity contribution in [2.24, 2.45) is 5.92 Å². The minimum atomic E-state index is -0.508. The molecule has 0 heterocycles. The van der Waals surface area contributed by atoms with Crippen LogP contribution in [0, 0.1) is 5.92 Å². The molecule has 0 aliphatic carbocycles. The normalized spacial score (nSPS) is 13.1. The number of ether oxygens (including phenoxy) is 1. The maximum absolute atomic E-state index is 11.6. The molecule has 0 saturated heterocycles. The Kier molecular flexibility index (Phi) is 7.28. The molecule has 1 unspecified atom stereocenters. The highest BCUT2D eigenvalue weighted by atomic mass is 79.9. The Bertz CT molecular complexity index is 288. The molecule has 0 aromatic heterocycles. The summed E-state index contributed by atoms with van der Waals surface area (Å²) in [5.41, 5.74) is -0.508. The SMILES string of the molecule is CC(C)C(Br)C(=O)NCCNC(=O)OC(C)(C)C. The van der Waals surface area contributed by atoms with Gasteiger partial charge in [0.05, 0.1) is 4.83 Å². The highest BCUT2D eigenvalue weighted by Crippen LogP contribution is 2.11. The molecule has 0 aromatic rings. The fraction of sp³-hybridized carbons (Fsp3) is 0.833. The van der Waals surface area contributed by atoms with E-state index < -0.39 is 11.7 Å². The van der Waals surface area contributed by atoms with E-state index in [1.54, 1.807) is 20.8 Å². The molecule has 0 aliphatic rings. The van der Waals surface area contributed by atoms with Crippen molar-refractivity contribution in [3.63, 3.8) is 0 Å². The summed E-state index contributed by atoms with van der Waals surface area (Å²) in [7, 11) is 0. The summed E-state index contributed by atoms with van der Waals surface area (Å²) in [6.45, 7) is 10.0. The zero-order valence-electron chi connectivity index (χ0n) is 11.7. The summed E-state index contributed by atoms with van der Waals surface area (Å²) in [5.74, 6) is 0.153. The molecule has 0 radical (unpaired) electrons. The average Bonchev–Trinajstić information content (AvgIpc) is 2.20. The first-order valence-electron chi connectivity index (χ1n) is 6.02. The van der Waals surface area contributed by atoms with Crippen LogP contribution in [0.3, 0.4) is 0 Å². The van der Waals surface area contributed by atoms with Gasteiger partial charge in [0.2, 0.25) is 5.91 Å². The van der Waals surface area contributed by atoms with Gasteiger partial charge in [0.15, 0.2) is 0 Å². The van der Waals surface area contributed by atoms with Crippen LogP contribution in [0.15, 0.2) is 0 Å². The molecule has 2 N–H and O–H groups in total. The number of alkyl carbamates (subject to hydrolysis) is 1. The van der Waals surface area contributed by atoms with Crippen LogP contribution in [-0.2, 0) is 9.53 Å². The molecular formula is C12H23BrN2O3. The van der Waals surface area contributed by atoms with Gasteiger partial charge in [-0.2, -0.15) is 0 Å². The molecule has 0 aromatic carbocycles. The predicted octanol–water partition coefficient (Wildman–Crippen LogP) is 2.05. The van der Waals surface area contributed by atoms with Gasteiger partial charge in [0.1, 0.15) is 5.60 Å². The van der Waals surface area contributed by atoms with Crippen molar-refractivity contribution in [3.05, 3.63) is 0 Å². The summed E-state index contributed by atoms with van der Waals surface area (Å²) in [6.07, 6.45) is -0.476. The number of hydrogen-bond acceptors (Lipinski definition) is 3. The van der Waals surface area contributed by atoms with Crippen LogP contribution >= 0.6 is 15.9 Å². The number of rotatable bonds is 5. The number of alkyl halides is 1. The number of hydrogen-bond donors (Lipinski definition) is 2. The number of carbonyl (C=O) groups is 2. The lowest BCUT2D eigenvalue weighted by Crippen LogP contribution is -2.40. The van der Waals surface area contributed by atoms with Crippen LogP contribution in [0.25, 0.3) is 0 Å². The summed E-state index contributed by atoms with van der Waals surface area (Å²) < 4.78 is 5.06. The van der Waals surface area contributed by atoms with E-state index in [9.17, 15) is 9.59 Å². The van der Waals surface area contributed by atoms with Crippen molar-refractivity contribution in [2.45, 2.75) is 45.0 Å². The van der Waals surface area contributed by atoms with Crippen LogP contribution in [0.5, 0.6) is 0 Å². The average molecular weight is 323 g/mol. The highest BCUT2D eigenvalue weighted by molar-refractivity contribution is 9.10. The predicted molar refractivity (Wildman–Crippen MR) is 74.8 cm³/mol. The summed E-state index contributed by atoms with van der Waals surface area (Å²) >= 11 is 3.30. The Morgan fingerprint density at radius 2 is 1.67 bits per heavy atom. The second-order valence-electron chi connectivity index (χ2n) is 5.37. The lowest BCUT2D eigenvalue weighted by Gasteiger charge is -2.20. The van der Waals surface area contributed by atoms with E-state index in [4.69, 9.17) is 4.74 Å². The molecule has 0 rings (SSSR count). The molecular weight excluding hydrogens is 300 g/mol. The number of amides is 2. The quantitative estimate of drug-likeness (QED) is 0.601. The van der Waals surface area contributed by atoms with Gasteiger partial charge >= 0.3 is 6.09 Å². The number of halogens is 1. The molecule has 1 atom stereocenters. The van der Waals surface area contributed by atoms with Crippen molar-refractivity contribution in [3.8, 4) is 0 Å². The minimum absolute atomic E-state index is 0.0732. The van der Waals surface area contributed by atoms with E-state index in [0.717, 1.165) is 0 Å². The van der Waals surface area contributed by atoms with E-state index in [0.29, 0.717) is 13.1 Å². The maximum Gasteiger partial charge on any atom is 0.407 e. The zero-order chi connectivity index (χ0) is 14.3. The lowest BCUT2D eigenvalue weighted by atomic mass is 10.1. The molecule has 106 valence electrons. The molecule has 6 heteroatoms. The van der Waals surface area contributed by atoms with E-state index >= 15 is 0 Å². The number of nitrogens with one attached hydrogen (secondary N) is 2. The van der Waals surface area contributed by atoms with Crippen LogP contribution in [0.2, 0.25) is 0 Å². The lowest BCUT2D eigenvalue weighted by molar-refractivity contribution is -0.121. The second-order valence-corrected chi connectivity index (χ2v) is 6.35. The van der Waals surface area contributed by atoms with Gasteiger partial charge in [-0.3, -0.25) is 4.79 Å². The highest BCUT2D eigenvalue weighted by Gasteiger charge is 2.18. The van der Waals surface area contributed by atoms with Gasteiger partial charge in [-0.15, -0.1) is 0 Å². The molecule has 18 heavy (non-hydrogen) atoms. The standard InChI is InChI=1S/C12H23BrN2O3/c1-8(2)9(13)10(16)14-6-7-15-11(17)18-12(3,4)5/h8-9H,6-7H2,1-5H3,(H,14,16)(H,15,17). The van der Waals surface area contributed by atoms with Gasteiger partial charge in [0.25, 0.3) is 0 Å². The molecule has 0 spiro atoms. The molecule has 0 bridgehead atoms. The maximum atomic E-state index is 11.6. The smallest absolute Gasteiger partial charge is 0.407 e. The van der Waals surface area contributed by atoms with Gasteiger partial charge in [0, 0.05) is 13.1 Å². The Morgan fingerprint density at radius 3 is 2.11 bits per heavy atom. The van der Waals surface area contributed by atoms with Crippen LogP contribution in [0.4, 0.5) is 4.79 Å².